The van der Waals surface area contributed by atoms with Crippen molar-refractivity contribution in [1.29, 1.82) is 0 Å². The molecule has 0 radical (unpaired) electrons. The van der Waals surface area contributed by atoms with Crippen LogP contribution in [0.3, 0.4) is 0 Å². The molecule has 4 N–H and O–H groups in total. The Hall–Kier alpha value is -1.86. The summed E-state index contributed by atoms with van der Waals surface area (Å²) >= 11 is 2.92. The molecule has 1 aromatic carbocycles. The van der Waals surface area contributed by atoms with Crippen LogP contribution in [-0.4, -0.2) is 39.2 Å². The van der Waals surface area contributed by atoms with Crippen molar-refractivity contribution in [2.24, 2.45) is 11.7 Å². The van der Waals surface area contributed by atoms with Gasteiger partial charge in [-0.15, -0.1) is 13.2 Å². The first kappa shape index (κ1) is 24.2. The fourth-order valence-corrected chi connectivity index (χ4v) is 3.54. The number of carbonyl (C=O) groups excluding carboxylic acids is 2. The highest BCUT2D eigenvalue weighted by Gasteiger charge is 2.34. The fraction of sp³-hybridized carbons (Fsp3) is 0.467. The van der Waals surface area contributed by atoms with E-state index in [1.54, 1.807) is 13.8 Å². The number of amides is 2. The van der Waals surface area contributed by atoms with Crippen LogP contribution in [-0.2, 0) is 19.6 Å². The maximum Gasteiger partial charge on any atom is 0.573 e. The maximum absolute atomic E-state index is 12.5. The largest absolute Gasteiger partial charge is 0.573 e. The Balaban J connectivity index is 2.92. The van der Waals surface area contributed by atoms with E-state index >= 15 is 0 Å². The van der Waals surface area contributed by atoms with Crippen molar-refractivity contribution in [3.8, 4) is 5.75 Å². The molecule has 1 aromatic rings. The molecule has 0 saturated carbocycles. The number of ether oxygens (including phenoxy) is 1. The highest BCUT2D eigenvalue weighted by atomic mass is 79.9. The van der Waals surface area contributed by atoms with Crippen molar-refractivity contribution in [1.82, 2.24) is 10.0 Å². The van der Waals surface area contributed by atoms with Crippen molar-refractivity contribution in [2.75, 3.05) is 6.54 Å². The van der Waals surface area contributed by atoms with E-state index in [0.29, 0.717) is 0 Å². The molecule has 8 nitrogen and oxygen atoms in total. The van der Waals surface area contributed by atoms with E-state index in [0.717, 1.165) is 12.1 Å². The van der Waals surface area contributed by atoms with E-state index in [1.807, 2.05) is 4.72 Å². The Morgan fingerprint density at radius 2 is 1.89 bits per heavy atom. The molecule has 0 saturated heterocycles. The maximum atomic E-state index is 12.5. The van der Waals surface area contributed by atoms with Gasteiger partial charge in [-0.1, -0.05) is 29.8 Å². The first-order valence-electron chi connectivity index (χ1n) is 7.85. The van der Waals surface area contributed by atoms with Gasteiger partial charge >= 0.3 is 6.36 Å². The van der Waals surface area contributed by atoms with E-state index in [4.69, 9.17) is 5.73 Å². The zero-order valence-electron chi connectivity index (χ0n) is 14.8. The summed E-state index contributed by atoms with van der Waals surface area (Å²) in [6.07, 6.45) is -4.88. The van der Waals surface area contributed by atoms with E-state index < -0.39 is 51.4 Å². The number of nitrogens with two attached hydrogens (primary N) is 1. The second kappa shape index (κ2) is 9.56. The van der Waals surface area contributed by atoms with E-state index in [1.165, 1.54) is 6.07 Å². The first-order valence-corrected chi connectivity index (χ1v) is 10.1. The summed E-state index contributed by atoms with van der Waals surface area (Å²) in [5, 5.41) is 2.27. The molecule has 0 aliphatic rings. The number of sulfonamides is 1. The molecule has 0 spiro atoms. The Morgan fingerprint density at radius 1 is 1.29 bits per heavy atom. The molecule has 158 valence electrons. The number of nitrogens with one attached hydrogen (secondary N) is 2. The van der Waals surface area contributed by atoms with Crippen LogP contribution in [0.25, 0.3) is 0 Å². The zero-order chi connectivity index (χ0) is 21.7. The lowest BCUT2D eigenvalue weighted by atomic mass is 10.0. The normalized spacial score (nSPS) is 13.2. The minimum atomic E-state index is -5.12. The fourth-order valence-electron chi connectivity index (χ4n) is 2.11. The van der Waals surface area contributed by atoms with Crippen molar-refractivity contribution < 1.29 is 35.9 Å². The third kappa shape index (κ3) is 8.02. The minimum absolute atomic E-state index is 0.0272. The average molecular weight is 490 g/mol. The van der Waals surface area contributed by atoms with Crippen LogP contribution in [0.1, 0.15) is 20.3 Å². The highest BCUT2D eigenvalue weighted by Crippen LogP contribution is 2.32. The number of carbonyl (C=O) groups is 2. The molecule has 0 heterocycles. The lowest BCUT2D eigenvalue weighted by Gasteiger charge is -2.18. The predicted octanol–water partition coefficient (Wildman–Crippen LogP) is 1.64. The van der Waals surface area contributed by atoms with E-state index in [2.05, 4.69) is 26.0 Å². The van der Waals surface area contributed by atoms with Gasteiger partial charge in [0.05, 0.1) is 6.54 Å². The molecule has 0 aromatic heterocycles. The monoisotopic (exact) mass is 489 g/mol. The summed E-state index contributed by atoms with van der Waals surface area (Å²) in [7, 11) is -4.53. The molecule has 0 unspecified atom stereocenters. The van der Waals surface area contributed by atoms with Crippen LogP contribution >= 0.6 is 15.9 Å². The Labute approximate surface area is 168 Å². The number of hydrogen-bond donors (Lipinski definition) is 3. The third-order valence-electron chi connectivity index (χ3n) is 3.23. The Bertz CT molecular complexity index is 831. The molecule has 0 aliphatic carbocycles. The molecule has 1 rings (SSSR count). The van der Waals surface area contributed by atoms with Crippen molar-refractivity contribution in [3.05, 3.63) is 22.7 Å². The second-order valence-corrected chi connectivity index (χ2v) is 8.77. The summed E-state index contributed by atoms with van der Waals surface area (Å²) in [4.78, 5) is 22.5. The molecule has 0 fully saturated rings. The topological polar surface area (TPSA) is 128 Å². The summed E-state index contributed by atoms with van der Waals surface area (Å²) in [5.41, 5.74) is 5.18. The number of primary amides is 1. The molecule has 28 heavy (non-hydrogen) atoms. The Morgan fingerprint density at radius 3 is 2.39 bits per heavy atom. The molecular weight excluding hydrogens is 471 g/mol. The van der Waals surface area contributed by atoms with Crippen LogP contribution in [0.2, 0.25) is 0 Å². The predicted molar refractivity (Wildman–Crippen MR) is 96.6 cm³/mol. The van der Waals surface area contributed by atoms with Gasteiger partial charge < -0.3 is 15.8 Å². The number of halogens is 4. The van der Waals surface area contributed by atoms with Gasteiger partial charge in [-0.25, -0.2) is 13.1 Å². The van der Waals surface area contributed by atoms with E-state index in [9.17, 15) is 31.2 Å². The van der Waals surface area contributed by atoms with Crippen LogP contribution in [0.5, 0.6) is 5.75 Å². The summed E-state index contributed by atoms with van der Waals surface area (Å²) in [6, 6.07) is 1.90. The van der Waals surface area contributed by atoms with Crippen molar-refractivity contribution in [2.45, 2.75) is 37.6 Å². The molecule has 13 heteroatoms. The average Bonchev–Trinajstić information content (AvgIpc) is 2.50. The molecule has 2 amide bonds. The van der Waals surface area contributed by atoms with Crippen LogP contribution < -0.4 is 20.5 Å². The zero-order valence-corrected chi connectivity index (χ0v) is 17.2. The van der Waals surface area contributed by atoms with Gasteiger partial charge in [0.2, 0.25) is 21.8 Å². The summed E-state index contributed by atoms with van der Waals surface area (Å²) in [6.45, 7) is 2.77. The lowest BCUT2D eigenvalue weighted by molar-refractivity contribution is -0.275. The number of benzene rings is 1. The Kier molecular flexibility index (Phi) is 8.26. The van der Waals surface area contributed by atoms with Crippen LogP contribution in [0.4, 0.5) is 13.2 Å². The molecular formula is C15H19BrF3N3O5S. The van der Waals surface area contributed by atoms with Gasteiger partial charge in [-0.3, -0.25) is 9.59 Å². The third-order valence-corrected chi connectivity index (χ3v) is 5.16. The standard InChI is InChI=1S/C15H19BrF3N3O5S/c1-8(2)5-10(14(20)24)22-13(23)7-21-28(25,26)12-4-3-9(16)6-11(12)27-15(17,18)19/h3-4,6,8,10,21H,5,7H2,1-2H3,(H2,20,24)(H,22,23)/t10-/m0/s1. The van der Waals surface area contributed by atoms with Gasteiger partial charge in [0.15, 0.2) is 5.75 Å². The van der Waals surface area contributed by atoms with E-state index in [-0.39, 0.29) is 16.8 Å². The minimum Gasteiger partial charge on any atom is -0.404 e. The van der Waals surface area contributed by atoms with Gasteiger partial charge in [0, 0.05) is 4.47 Å². The number of rotatable bonds is 9. The highest BCUT2D eigenvalue weighted by molar-refractivity contribution is 9.10. The number of alkyl halides is 3. The first-order chi connectivity index (χ1) is 12.7. The molecule has 1 atom stereocenters. The number of hydrogen-bond acceptors (Lipinski definition) is 5. The van der Waals surface area contributed by atoms with Gasteiger partial charge in [0.25, 0.3) is 0 Å². The smallest absolute Gasteiger partial charge is 0.404 e. The van der Waals surface area contributed by atoms with Crippen molar-refractivity contribution in [3.63, 3.8) is 0 Å². The second-order valence-electron chi connectivity index (χ2n) is 6.12. The summed E-state index contributed by atoms with van der Waals surface area (Å²) in [5.74, 6) is -2.61. The molecule has 0 bridgehead atoms. The van der Waals surface area contributed by atoms with Gasteiger partial charge in [-0.05, 0) is 30.5 Å². The van der Waals surface area contributed by atoms with Crippen LogP contribution in [0.15, 0.2) is 27.6 Å². The summed E-state index contributed by atoms with van der Waals surface area (Å²) < 4.78 is 67.9. The van der Waals surface area contributed by atoms with Gasteiger partial charge in [-0.2, -0.15) is 0 Å². The quantitative estimate of drug-likeness (QED) is 0.485. The lowest BCUT2D eigenvalue weighted by Crippen LogP contribution is -2.48. The SMILES string of the molecule is CC(C)C[C@H](NC(=O)CNS(=O)(=O)c1ccc(Br)cc1OC(F)(F)F)C(N)=O. The van der Waals surface area contributed by atoms with Gasteiger partial charge in [0.1, 0.15) is 10.9 Å². The van der Waals surface area contributed by atoms with Crippen molar-refractivity contribution >= 4 is 37.8 Å². The van der Waals surface area contributed by atoms with Crippen LogP contribution in [0, 0.1) is 5.92 Å². The molecule has 0 aliphatic heterocycles.